The second kappa shape index (κ2) is 9.90. The van der Waals surface area contributed by atoms with Crippen LogP contribution in [-0.2, 0) is 19.6 Å². The van der Waals surface area contributed by atoms with Gasteiger partial charge in [0.15, 0.2) is 0 Å². The van der Waals surface area contributed by atoms with Gasteiger partial charge in [0.25, 0.3) is 0 Å². The van der Waals surface area contributed by atoms with Gasteiger partial charge in [-0.25, -0.2) is 17.6 Å². The molecule has 1 amide bonds. The third kappa shape index (κ3) is 5.70. The Morgan fingerprint density at radius 1 is 1.17 bits per heavy atom. The summed E-state index contributed by atoms with van der Waals surface area (Å²) >= 11 is 6.02. The number of esters is 1. The van der Waals surface area contributed by atoms with E-state index in [2.05, 4.69) is 5.32 Å². The lowest BCUT2D eigenvalue weighted by atomic mass is 10.1. The predicted molar refractivity (Wildman–Crippen MR) is 114 cm³/mol. The Hall–Kier alpha value is -2.65. The number of sulfonamides is 1. The lowest BCUT2D eigenvalue weighted by Crippen LogP contribution is -2.47. The predicted octanol–water partition coefficient (Wildman–Crippen LogP) is 3.84. The number of rotatable bonds is 8. The summed E-state index contributed by atoms with van der Waals surface area (Å²) in [5.41, 5.74) is 0.477. The van der Waals surface area contributed by atoms with Gasteiger partial charge < -0.3 is 10.1 Å². The zero-order valence-corrected chi connectivity index (χ0v) is 18.3. The molecule has 30 heavy (non-hydrogen) atoms. The minimum absolute atomic E-state index is 0.0721. The summed E-state index contributed by atoms with van der Waals surface area (Å²) in [6.07, 6.45) is 1.11. The van der Waals surface area contributed by atoms with E-state index >= 15 is 0 Å². The van der Waals surface area contributed by atoms with Gasteiger partial charge in [-0.3, -0.25) is 9.10 Å². The highest BCUT2D eigenvalue weighted by Crippen LogP contribution is 2.25. The molecule has 0 saturated carbocycles. The lowest BCUT2D eigenvalue weighted by Gasteiger charge is -2.30. The van der Waals surface area contributed by atoms with Gasteiger partial charge in [-0.15, -0.1) is 0 Å². The third-order valence-corrected chi connectivity index (χ3v) is 5.65. The summed E-state index contributed by atoms with van der Waals surface area (Å²) in [4.78, 5) is 24.9. The Balaban J connectivity index is 2.36. The first-order valence-corrected chi connectivity index (χ1v) is 11.3. The maximum atomic E-state index is 13.3. The van der Waals surface area contributed by atoms with Crippen molar-refractivity contribution in [2.75, 3.05) is 22.5 Å². The average Bonchev–Trinajstić information content (AvgIpc) is 2.67. The molecule has 2 aromatic rings. The molecular weight excluding hydrogens is 435 g/mol. The van der Waals surface area contributed by atoms with Crippen molar-refractivity contribution in [3.05, 3.63) is 58.9 Å². The van der Waals surface area contributed by atoms with E-state index in [0.717, 1.165) is 22.7 Å². The Labute approximate surface area is 179 Å². The van der Waals surface area contributed by atoms with Crippen LogP contribution in [0, 0.1) is 5.82 Å². The molecule has 0 radical (unpaired) electrons. The van der Waals surface area contributed by atoms with E-state index in [9.17, 15) is 22.4 Å². The van der Waals surface area contributed by atoms with Crippen LogP contribution in [0.3, 0.4) is 0 Å². The zero-order chi connectivity index (χ0) is 22.5. The molecule has 0 aliphatic carbocycles. The first-order chi connectivity index (χ1) is 14.1. The number of nitrogens with zero attached hydrogens (tertiary/aromatic N) is 1. The van der Waals surface area contributed by atoms with E-state index in [4.69, 9.17) is 16.3 Å². The maximum absolute atomic E-state index is 13.3. The van der Waals surface area contributed by atoms with Crippen LogP contribution in [0.4, 0.5) is 15.8 Å². The molecule has 162 valence electrons. The van der Waals surface area contributed by atoms with Gasteiger partial charge in [-0.05, 0) is 55.8 Å². The van der Waals surface area contributed by atoms with Crippen molar-refractivity contribution >= 4 is 44.9 Å². The van der Waals surface area contributed by atoms with E-state index in [1.54, 1.807) is 13.8 Å². The van der Waals surface area contributed by atoms with Crippen molar-refractivity contribution in [1.82, 2.24) is 0 Å². The summed E-state index contributed by atoms with van der Waals surface area (Å²) in [6, 6.07) is 7.96. The number of anilines is 2. The summed E-state index contributed by atoms with van der Waals surface area (Å²) in [6.45, 7) is 3.46. The van der Waals surface area contributed by atoms with E-state index in [-0.39, 0.29) is 35.0 Å². The number of hydrogen-bond acceptors (Lipinski definition) is 5. The topological polar surface area (TPSA) is 92.8 Å². The zero-order valence-electron chi connectivity index (χ0n) is 16.7. The van der Waals surface area contributed by atoms with E-state index in [0.29, 0.717) is 0 Å². The molecule has 0 unspecified atom stereocenters. The van der Waals surface area contributed by atoms with Gasteiger partial charge in [-0.1, -0.05) is 18.5 Å². The number of benzene rings is 2. The Morgan fingerprint density at radius 3 is 2.33 bits per heavy atom. The molecule has 0 heterocycles. The van der Waals surface area contributed by atoms with Crippen LogP contribution >= 0.6 is 11.6 Å². The minimum atomic E-state index is -3.86. The number of amides is 1. The Morgan fingerprint density at radius 2 is 1.80 bits per heavy atom. The molecular formula is C20H22ClFN2O5S. The molecule has 0 spiro atoms. The fraction of sp³-hybridized carbons (Fsp3) is 0.300. The summed E-state index contributed by atoms with van der Waals surface area (Å²) in [5, 5.41) is 2.76. The van der Waals surface area contributed by atoms with Crippen molar-refractivity contribution in [2.24, 2.45) is 0 Å². The highest BCUT2D eigenvalue weighted by Gasteiger charge is 2.31. The largest absolute Gasteiger partial charge is 0.462 e. The van der Waals surface area contributed by atoms with Gasteiger partial charge in [0.1, 0.15) is 11.9 Å². The van der Waals surface area contributed by atoms with Crippen LogP contribution in [0.5, 0.6) is 0 Å². The molecule has 0 fully saturated rings. The molecule has 2 rings (SSSR count). The summed E-state index contributed by atoms with van der Waals surface area (Å²) in [7, 11) is -3.86. The number of halogens is 2. The quantitative estimate of drug-likeness (QED) is 0.609. The highest BCUT2D eigenvalue weighted by molar-refractivity contribution is 7.92. The number of carbonyl (C=O) groups excluding carboxylic acids is 2. The van der Waals surface area contributed by atoms with Crippen molar-refractivity contribution in [3.8, 4) is 0 Å². The average molecular weight is 457 g/mol. The smallest absolute Gasteiger partial charge is 0.339 e. The standard InChI is InChI=1S/C20H22ClFN2O5S/c1-4-18(24(30(3,27)28)15-9-6-13(22)7-10-15)19(25)23-14-8-11-17(21)16(12-14)20(26)29-5-2/h6-12,18H,4-5H2,1-3H3,(H,23,25)/t18-/m0/s1. The van der Waals surface area contributed by atoms with Gasteiger partial charge in [0, 0.05) is 5.69 Å². The maximum Gasteiger partial charge on any atom is 0.339 e. The number of hydrogen-bond donors (Lipinski definition) is 1. The third-order valence-electron chi connectivity index (χ3n) is 4.14. The van der Waals surface area contributed by atoms with E-state index in [1.807, 2.05) is 0 Å². The molecule has 7 nitrogen and oxygen atoms in total. The molecule has 2 aromatic carbocycles. The highest BCUT2D eigenvalue weighted by atomic mass is 35.5. The van der Waals surface area contributed by atoms with Crippen LogP contribution < -0.4 is 9.62 Å². The molecule has 10 heteroatoms. The van der Waals surface area contributed by atoms with E-state index < -0.39 is 33.8 Å². The second-order valence-corrected chi connectivity index (χ2v) is 8.63. The van der Waals surface area contributed by atoms with Gasteiger partial charge in [0.05, 0.1) is 29.1 Å². The fourth-order valence-corrected chi connectivity index (χ4v) is 4.25. The number of ether oxygens (including phenoxy) is 1. The van der Waals surface area contributed by atoms with Crippen LogP contribution in [0.15, 0.2) is 42.5 Å². The van der Waals surface area contributed by atoms with Crippen LogP contribution in [0.25, 0.3) is 0 Å². The van der Waals surface area contributed by atoms with Crippen LogP contribution in [0.1, 0.15) is 30.6 Å². The van der Waals surface area contributed by atoms with E-state index in [1.165, 1.54) is 30.3 Å². The molecule has 0 aliphatic heterocycles. The van der Waals surface area contributed by atoms with Crippen LogP contribution in [-0.4, -0.2) is 39.2 Å². The molecule has 1 atom stereocenters. The number of nitrogens with one attached hydrogen (secondary N) is 1. The molecule has 0 aliphatic rings. The SMILES string of the molecule is CCOC(=O)c1cc(NC(=O)[C@H](CC)N(c2ccc(F)cc2)S(C)(=O)=O)ccc1Cl. The minimum Gasteiger partial charge on any atom is -0.462 e. The Bertz CT molecular complexity index is 1030. The van der Waals surface area contributed by atoms with Crippen molar-refractivity contribution in [3.63, 3.8) is 0 Å². The first kappa shape index (κ1) is 23.6. The number of carbonyl (C=O) groups is 2. The summed E-state index contributed by atoms with van der Waals surface area (Å²) < 4.78 is 44.0. The van der Waals surface area contributed by atoms with Crippen molar-refractivity contribution in [2.45, 2.75) is 26.3 Å². The first-order valence-electron chi connectivity index (χ1n) is 9.11. The van der Waals surface area contributed by atoms with Gasteiger partial charge in [-0.2, -0.15) is 0 Å². The molecule has 1 N–H and O–H groups in total. The Kier molecular flexibility index (Phi) is 7.80. The normalized spacial score (nSPS) is 12.2. The monoisotopic (exact) mass is 456 g/mol. The van der Waals surface area contributed by atoms with Crippen molar-refractivity contribution in [1.29, 1.82) is 0 Å². The van der Waals surface area contributed by atoms with Crippen molar-refractivity contribution < 1.29 is 27.1 Å². The summed E-state index contributed by atoms with van der Waals surface area (Å²) in [5.74, 6) is -1.79. The molecule has 0 bridgehead atoms. The lowest BCUT2D eigenvalue weighted by molar-refractivity contribution is -0.117. The van der Waals surface area contributed by atoms with Crippen LogP contribution in [0.2, 0.25) is 5.02 Å². The fourth-order valence-electron chi connectivity index (χ4n) is 2.84. The second-order valence-electron chi connectivity index (χ2n) is 6.36. The van der Waals surface area contributed by atoms with Gasteiger partial charge >= 0.3 is 5.97 Å². The molecule has 0 saturated heterocycles. The molecule has 0 aromatic heterocycles. The van der Waals surface area contributed by atoms with Gasteiger partial charge in [0.2, 0.25) is 15.9 Å².